The number of hydrazone groups is 1. The predicted octanol–water partition coefficient (Wildman–Crippen LogP) is 0.672. The standard InChI is InChI=1S/C7H8N4/c1-3-8-7(9-4-1)11-6-2-5-10-11/h1,3-5H,2,6H2. The Morgan fingerprint density at radius 1 is 1.27 bits per heavy atom. The Kier molecular flexibility index (Phi) is 1.51. The smallest absolute Gasteiger partial charge is 0.232 e. The molecule has 0 aliphatic carbocycles. The summed E-state index contributed by atoms with van der Waals surface area (Å²) in [5.74, 6) is 0.682. The van der Waals surface area contributed by atoms with E-state index >= 15 is 0 Å². The highest BCUT2D eigenvalue weighted by Crippen LogP contribution is 2.08. The van der Waals surface area contributed by atoms with Crippen molar-refractivity contribution >= 4 is 12.2 Å². The highest BCUT2D eigenvalue weighted by molar-refractivity contribution is 5.63. The Balaban J connectivity index is 2.23. The molecule has 4 nitrogen and oxygen atoms in total. The molecule has 0 saturated heterocycles. The van der Waals surface area contributed by atoms with E-state index in [-0.39, 0.29) is 0 Å². The van der Waals surface area contributed by atoms with E-state index in [0.717, 1.165) is 13.0 Å². The molecule has 0 aromatic carbocycles. The van der Waals surface area contributed by atoms with Crippen LogP contribution < -0.4 is 5.01 Å². The van der Waals surface area contributed by atoms with Gasteiger partial charge in [-0.15, -0.1) is 0 Å². The third-order valence-corrected chi connectivity index (χ3v) is 1.47. The van der Waals surface area contributed by atoms with E-state index in [1.165, 1.54) is 0 Å². The van der Waals surface area contributed by atoms with Gasteiger partial charge in [-0.05, 0) is 6.07 Å². The molecule has 0 bridgehead atoms. The lowest BCUT2D eigenvalue weighted by molar-refractivity contribution is 0.864. The Labute approximate surface area is 64.6 Å². The van der Waals surface area contributed by atoms with Crippen molar-refractivity contribution in [3.05, 3.63) is 18.5 Å². The number of nitrogens with zero attached hydrogens (tertiary/aromatic N) is 4. The summed E-state index contributed by atoms with van der Waals surface area (Å²) in [4.78, 5) is 8.12. The molecule has 56 valence electrons. The van der Waals surface area contributed by atoms with Crippen molar-refractivity contribution in [2.24, 2.45) is 5.10 Å². The van der Waals surface area contributed by atoms with Gasteiger partial charge in [-0.1, -0.05) is 0 Å². The van der Waals surface area contributed by atoms with Crippen LogP contribution in [0, 0.1) is 0 Å². The van der Waals surface area contributed by atoms with Gasteiger partial charge in [0.25, 0.3) is 0 Å². The topological polar surface area (TPSA) is 41.4 Å². The second kappa shape index (κ2) is 2.65. The maximum atomic E-state index is 4.09. The van der Waals surface area contributed by atoms with Gasteiger partial charge in [0, 0.05) is 31.6 Å². The van der Waals surface area contributed by atoms with Crippen LogP contribution in [0.25, 0.3) is 0 Å². The molecule has 2 rings (SSSR count). The molecule has 0 saturated carbocycles. The number of hydrogen-bond donors (Lipinski definition) is 0. The Bertz CT molecular complexity index is 256. The van der Waals surface area contributed by atoms with E-state index in [1.807, 2.05) is 6.21 Å². The predicted molar refractivity (Wildman–Crippen MR) is 42.5 cm³/mol. The lowest BCUT2D eigenvalue weighted by Crippen LogP contribution is -2.14. The zero-order chi connectivity index (χ0) is 7.52. The van der Waals surface area contributed by atoms with Crippen LogP contribution in [0.4, 0.5) is 5.95 Å². The molecule has 0 unspecified atom stereocenters. The minimum atomic E-state index is 0.682. The summed E-state index contributed by atoms with van der Waals surface area (Å²) < 4.78 is 0. The molecule has 0 spiro atoms. The van der Waals surface area contributed by atoms with E-state index in [0.29, 0.717) is 5.95 Å². The number of rotatable bonds is 1. The van der Waals surface area contributed by atoms with Gasteiger partial charge in [0.05, 0.1) is 0 Å². The number of hydrogen-bond acceptors (Lipinski definition) is 4. The molecule has 1 aliphatic rings. The van der Waals surface area contributed by atoms with Gasteiger partial charge in [-0.25, -0.2) is 15.0 Å². The van der Waals surface area contributed by atoms with E-state index in [1.54, 1.807) is 23.5 Å². The Morgan fingerprint density at radius 3 is 2.73 bits per heavy atom. The first-order valence-corrected chi connectivity index (χ1v) is 3.54. The molecule has 1 aromatic heterocycles. The van der Waals surface area contributed by atoms with Crippen molar-refractivity contribution in [1.29, 1.82) is 0 Å². The van der Waals surface area contributed by atoms with E-state index in [2.05, 4.69) is 15.1 Å². The summed E-state index contributed by atoms with van der Waals surface area (Å²) in [7, 11) is 0. The van der Waals surface area contributed by atoms with Crippen LogP contribution >= 0.6 is 0 Å². The molecular weight excluding hydrogens is 140 g/mol. The zero-order valence-electron chi connectivity index (χ0n) is 6.01. The quantitative estimate of drug-likeness (QED) is 0.587. The fraction of sp³-hybridized carbons (Fsp3) is 0.286. The van der Waals surface area contributed by atoms with Crippen molar-refractivity contribution in [2.75, 3.05) is 11.6 Å². The van der Waals surface area contributed by atoms with Gasteiger partial charge < -0.3 is 0 Å². The van der Waals surface area contributed by atoms with Crippen LogP contribution in [-0.2, 0) is 0 Å². The fourth-order valence-electron chi connectivity index (χ4n) is 0.970. The monoisotopic (exact) mass is 148 g/mol. The van der Waals surface area contributed by atoms with Crippen molar-refractivity contribution < 1.29 is 0 Å². The molecule has 0 amide bonds. The largest absolute Gasteiger partial charge is 0.246 e. The molecular formula is C7H8N4. The molecule has 0 N–H and O–H groups in total. The average molecular weight is 148 g/mol. The summed E-state index contributed by atoms with van der Waals surface area (Å²) in [6.07, 6.45) is 6.29. The van der Waals surface area contributed by atoms with Crippen LogP contribution in [0.15, 0.2) is 23.6 Å². The fourth-order valence-corrected chi connectivity index (χ4v) is 0.970. The SMILES string of the molecule is C1=NN(c2ncccn2)CC1. The highest BCUT2D eigenvalue weighted by Gasteiger charge is 2.09. The summed E-state index contributed by atoms with van der Waals surface area (Å²) >= 11 is 0. The summed E-state index contributed by atoms with van der Waals surface area (Å²) in [6.45, 7) is 0.893. The van der Waals surface area contributed by atoms with E-state index in [9.17, 15) is 0 Å². The van der Waals surface area contributed by atoms with Crippen LogP contribution in [0.2, 0.25) is 0 Å². The second-order valence-corrected chi connectivity index (χ2v) is 2.26. The van der Waals surface area contributed by atoms with Gasteiger partial charge in [-0.2, -0.15) is 5.10 Å². The van der Waals surface area contributed by atoms with E-state index in [4.69, 9.17) is 0 Å². The van der Waals surface area contributed by atoms with Gasteiger partial charge in [0.15, 0.2) is 0 Å². The normalized spacial score (nSPS) is 15.8. The lowest BCUT2D eigenvalue weighted by atomic mass is 10.5. The summed E-state index contributed by atoms with van der Waals surface area (Å²) in [6, 6.07) is 1.79. The number of aromatic nitrogens is 2. The average Bonchev–Trinajstić information content (AvgIpc) is 2.58. The van der Waals surface area contributed by atoms with Crippen LogP contribution in [-0.4, -0.2) is 22.7 Å². The molecule has 4 heteroatoms. The van der Waals surface area contributed by atoms with Crippen molar-refractivity contribution in [1.82, 2.24) is 9.97 Å². The molecule has 0 atom stereocenters. The minimum Gasteiger partial charge on any atom is -0.232 e. The first kappa shape index (κ1) is 6.27. The van der Waals surface area contributed by atoms with Crippen LogP contribution in [0.5, 0.6) is 0 Å². The molecule has 0 radical (unpaired) electrons. The molecule has 1 aromatic rings. The third kappa shape index (κ3) is 1.19. The molecule has 11 heavy (non-hydrogen) atoms. The third-order valence-electron chi connectivity index (χ3n) is 1.47. The van der Waals surface area contributed by atoms with Crippen molar-refractivity contribution in [3.63, 3.8) is 0 Å². The van der Waals surface area contributed by atoms with Crippen molar-refractivity contribution in [3.8, 4) is 0 Å². The maximum Gasteiger partial charge on any atom is 0.246 e. The van der Waals surface area contributed by atoms with Gasteiger partial charge in [0.2, 0.25) is 5.95 Å². The Hall–Kier alpha value is -1.45. The van der Waals surface area contributed by atoms with Gasteiger partial charge in [-0.3, -0.25) is 0 Å². The minimum absolute atomic E-state index is 0.682. The Morgan fingerprint density at radius 2 is 2.09 bits per heavy atom. The first-order valence-electron chi connectivity index (χ1n) is 3.54. The molecule has 2 heterocycles. The molecule has 0 fully saturated rings. The van der Waals surface area contributed by atoms with Gasteiger partial charge >= 0.3 is 0 Å². The summed E-state index contributed by atoms with van der Waals surface area (Å²) in [5.41, 5.74) is 0. The lowest BCUT2D eigenvalue weighted by Gasteiger charge is -2.09. The van der Waals surface area contributed by atoms with Crippen LogP contribution in [0.3, 0.4) is 0 Å². The van der Waals surface area contributed by atoms with Crippen LogP contribution in [0.1, 0.15) is 6.42 Å². The maximum absolute atomic E-state index is 4.09. The van der Waals surface area contributed by atoms with Crippen molar-refractivity contribution in [2.45, 2.75) is 6.42 Å². The molecule has 1 aliphatic heterocycles. The zero-order valence-corrected chi connectivity index (χ0v) is 6.01. The summed E-state index contributed by atoms with van der Waals surface area (Å²) in [5, 5.41) is 5.88. The first-order chi connectivity index (χ1) is 5.47. The highest BCUT2D eigenvalue weighted by atomic mass is 15.5. The second-order valence-electron chi connectivity index (χ2n) is 2.26. The number of anilines is 1. The van der Waals surface area contributed by atoms with Gasteiger partial charge in [0.1, 0.15) is 0 Å². The van der Waals surface area contributed by atoms with E-state index < -0.39 is 0 Å².